The van der Waals surface area contributed by atoms with Crippen LogP contribution in [0.2, 0.25) is 0 Å². The maximum Gasteiger partial charge on any atom is 0.134 e. The number of para-hydroxylation sites is 1. The first kappa shape index (κ1) is 5.84. The molecule has 11 heavy (non-hydrogen) atoms. The Kier molecular flexibility index (Phi) is 1.43. The van der Waals surface area contributed by atoms with Crippen molar-refractivity contribution in [3.05, 3.63) is 36.1 Å². The van der Waals surface area contributed by atoms with Crippen LogP contribution in [0.15, 0.2) is 34.7 Å². The normalized spacial score (nSPS) is 14.8. The van der Waals surface area contributed by atoms with Gasteiger partial charge >= 0.3 is 0 Å². The molecule has 0 spiro atoms. The van der Waals surface area contributed by atoms with Crippen LogP contribution < -0.4 is 0 Å². The highest BCUT2D eigenvalue weighted by Gasteiger charge is 1.99. The van der Waals surface area contributed by atoms with E-state index in [2.05, 4.69) is 15.9 Å². The van der Waals surface area contributed by atoms with Crippen LogP contribution in [0.4, 0.5) is 0 Å². The molecular weight excluding hydrogens is 204 g/mol. The molecule has 0 bridgehead atoms. The van der Waals surface area contributed by atoms with Crippen molar-refractivity contribution < 1.29 is 5.79 Å². The SMILES string of the molecule is [2H]C(Br)c1cc2ccccc2o1. The maximum atomic E-state index is 7.37. The molecule has 0 fully saturated rings. The molecule has 0 radical (unpaired) electrons. The van der Waals surface area contributed by atoms with Gasteiger partial charge in [0.25, 0.3) is 0 Å². The van der Waals surface area contributed by atoms with Gasteiger partial charge in [0.15, 0.2) is 0 Å². The van der Waals surface area contributed by atoms with Gasteiger partial charge in [0.1, 0.15) is 11.3 Å². The maximum absolute atomic E-state index is 7.37. The van der Waals surface area contributed by atoms with E-state index in [0.29, 0.717) is 5.76 Å². The van der Waals surface area contributed by atoms with Crippen LogP contribution in [-0.2, 0) is 5.31 Å². The smallest absolute Gasteiger partial charge is 0.134 e. The molecule has 1 aromatic heterocycles. The topological polar surface area (TPSA) is 13.1 Å². The number of hydrogen-bond donors (Lipinski definition) is 0. The summed E-state index contributed by atoms with van der Waals surface area (Å²) in [6.45, 7) is 0. The number of furan rings is 1. The van der Waals surface area contributed by atoms with Crippen LogP contribution in [0.5, 0.6) is 0 Å². The van der Waals surface area contributed by atoms with Crippen LogP contribution in [-0.4, -0.2) is 0 Å². The van der Waals surface area contributed by atoms with Crippen LogP contribution in [0, 0.1) is 0 Å². The zero-order valence-electron chi connectivity index (χ0n) is 6.75. The van der Waals surface area contributed by atoms with E-state index in [9.17, 15) is 0 Å². The molecule has 0 saturated heterocycles. The Bertz CT molecular complexity index is 361. The van der Waals surface area contributed by atoms with Gasteiger partial charge in [-0.2, -0.15) is 0 Å². The van der Waals surface area contributed by atoms with Crippen molar-refractivity contribution in [3.8, 4) is 0 Å². The van der Waals surface area contributed by atoms with Gasteiger partial charge in [0, 0.05) is 6.76 Å². The highest BCUT2D eigenvalue weighted by molar-refractivity contribution is 9.08. The molecule has 1 heterocycles. The number of halogens is 1. The molecule has 0 saturated carbocycles. The van der Waals surface area contributed by atoms with Crippen LogP contribution in [0.25, 0.3) is 11.0 Å². The fraction of sp³-hybridized carbons (Fsp3) is 0.111. The van der Waals surface area contributed by atoms with Gasteiger partial charge in [0.2, 0.25) is 0 Å². The Morgan fingerprint density at radius 1 is 1.45 bits per heavy atom. The quantitative estimate of drug-likeness (QED) is 0.660. The van der Waals surface area contributed by atoms with Crippen molar-refractivity contribution in [2.24, 2.45) is 0 Å². The fourth-order valence-electron chi connectivity index (χ4n) is 1.06. The third kappa shape index (κ3) is 1.18. The van der Waals surface area contributed by atoms with E-state index in [1.165, 1.54) is 0 Å². The molecule has 0 amide bonds. The number of benzene rings is 1. The Balaban J connectivity index is 2.62. The molecule has 1 nitrogen and oxygen atoms in total. The van der Waals surface area contributed by atoms with Gasteiger partial charge in [-0.25, -0.2) is 0 Å². The summed E-state index contributed by atoms with van der Waals surface area (Å²) in [7, 11) is 0. The summed E-state index contributed by atoms with van der Waals surface area (Å²) < 4.78 is 12.8. The van der Waals surface area contributed by atoms with E-state index in [1.54, 1.807) is 0 Å². The van der Waals surface area contributed by atoms with Gasteiger partial charge in [-0.15, -0.1) is 0 Å². The molecule has 2 aromatic rings. The fourth-order valence-corrected chi connectivity index (χ4v) is 1.28. The van der Waals surface area contributed by atoms with Gasteiger partial charge in [-0.05, 0) is 12.1 Å². The van der Waals surface area contributed by atoms with Crippen molar-refractivity contribution in [1.29, 1.82) is 0 Å². The molecule has 1 atom stereocenters. The predicted molar refractivity (Wildman–Crippen MR) is 48.8 cm³/mol. The van der Waals surface area contributed by atoms with E-state index in [-0.39, 0.29) is 0 Å². The summed E-state index contributed by atoms with van der Waals surface area (Å²) in [6, 6.07) is 9.62. The Morgan fingerprint density at radius 2 is 2.27 bits per heavy atom. The van der Waals surface area contributed by atoms with Gasteiger partial charge < -0.3 is 4.42 Å². The lowest BCUT2D eigenvalue weighted by Gasteiger charge is -1.83. The van der Waals surface area contributed by atoms with Crippen molar-refractivity contribution >= 4 is 26.9 Å². The average Bonchev–Trinajstić information content (AvgIpc) is 2.46. The lowest BCUT2D eigenvalue weighted by Crippen LogP contribution is -1.62. The number of alkyl halides is 1. The second-order valence-electron chi connectivity index (χ2n) is 2.30. The highest BCUT2D eigenvalue weighted by atomic mass is 79.9. The number of fused-ring (bicyclic) bond motifs is 1. The molecule has 0 aliphatic rings. The van der Waals surface area contributed by atoms with Gasteiger partial charge in [-0.3, -0.25) is 0 Å². The largest absolute Gasteiger partial charge is 0.460 e. The Morgan fingerprint density at radius 3 is 3.00 bits per heavy atom. The molecule has 0 aliphatic heterocycles. The van der Waals surface area contributed by atoms with Crippen LogP contribution >= 0.6 is 15.9 Å². The van der Waals surface area contributed by atoms with Crippen molar-refractivity contribution in [2.75, 3.05) is 0 Å². The molecule has 1 unspecified atom stereocenters. The molecule has 2 rings (SSSR count). The summed E-state index contributed by atoms with van der Waals surface area (Å²) in [5, 5.41) is 0.578. The third-order valence-corrected chi connectivity index (χ3v) is 2.00. The first-order chi connectivity index (χ1) is 5.77. The zero-order valence-corrected chi connectivity index (χ0v) is 7.34. The molecule has 0 aliphatic carbocycles. The van der Waals surface area contributed by atoms with Crippen molar-refractivity contribution in [1.82, 2.24) is 0 Å². The summed E-state index contributed by atoms with van der Waals surface area (Å²) in [6.07, 6.45) is 0. The highest BCUT2D eigenvalue weighted by Crippen LogP contribution is 2.19. The van der Waals surface area contributed by atoms with E-state index in [0.717, 1.165) is 11.0 Å². The summed E-state index contributed by atoms with van der Waals surface area (Å²) >= 11 is 3.13. The Hall–Kier alpha value is -0.760. The monoisotopic (exact) mass is 211 g/mol. The molecule has 2 heteroatoms. The number of rotatable bonds is 1. The molecule has 1 aromatic carbocycles. The van der Waals surface area contributed by atoms with Gasteiger partial charge in [-0.1, -0.05) is 34.1 Å². The summed E-state index contributed by atoms with van der Waals surface area (Å²) in [5.74, 6) is 0.649. The van der Waals surface area contributed by atoms with Crippen molar-refractivity contribution in [3.63, 3.8) is 0 Å². The van der Waals surface area contributed by atoms with Crippen molar-refractivity contribution in [2.45, 2.75) is 5.31 Å². The summed E-state index contributed by atoms with van der Waals surface area (Å²) in [5.41, 5.74) is 0.837. The Labute approximate surface area is 74.5 Å². The minimum Gasteiger partial charge on any atom is -0.460 e. The lowest BCUT2D eigenvalue weighted by atomic mass is 10.2. The molecule has 56 valence electrons. The average molecular weight is 212 g/mol. The summed E-state index contributed by atoms with van der Waals surface area (Å²) in [4.78, 5) is 0. The van der Waals surface area contributed by atoms with Crippen LogP contribution in [0.3, 0.4) is 0 Å². The second kappa shape index (κ2) is 2.70. The number of hydrogen-bond acceptors (Lipinski definition) is 1. The van der Waals surface area contributed by atoms with E-state index in [1.807, 2.05) is 30.3 Å². The molecule has 0 N–H and O–H groups in total. The first-order valence-electron chi connectivity index (χ1n) is 3.90. The minimum atomic E-state index is -0.468. The first-order valence-corrected chi connectivity index (χ1v) is 4.24. The van der Waals surface area contributed by atoms with E-state index in [4.69, 9.17) is 5.79 Å². The van der Waals surface area contributed by atoms with E-state index >= 15 is 0 Å². The second-order valence-corrected chi connectivity index (χ2v) is 2.75. The molecular formula is C9H7BrO. The van der Waals surface area contributed by atoms with Crippen LogP contribution in [0.1, 0.15) is 7.13 Å². The predicted octanol–water partition coefficient (Wildman–Crippen LogP) is 3.33. The zero-order chi connectivity index (χ0) is 8.55. The van der Waals surface area contributed by atoms with Gasteiger partial charge in [0.05, 0.1) is 5.31 Å². The standard InChI is InChI=1S/C9H7BrO/c10-6-8-5-7-3-1-2-4-9(7)11-8/h1-5H,6H2/i6D. The minimum absolute atomic E-state index is 0.468. The lowest BCUT2D eigenvalue weighted by molar-refractivity contribution is 0.575. The third-order valence-electron chi connectivity index (χ3n) is 1.55. The van der Waals surface area contributed by atoms with E-state index < -0.39 is 5.31 Å².